The molecule has 1 aliphatic carbocycles. The van der Waals surface area contributed by atoms with E-state index in [0.717, 1.165) is 18.6 Å². The molecule has 0 aromatic carbocycles. The van der Waals surface area contributed by atoms with Crippen LogP contribution in [0.2, 0.25) is 5.02 Å². The lowest BCUT2D eigenvalue weighted by Gasteiger charge is -2.31. The number of rotatable bonds is 3. The molecule has 3 nitrogen and oxygen atoms in total. The van der Waals surface area contributed by atoms with Crippen molar-refractivity contribution >= 4 is 11.6 Å². The number of nitrogens with two attached hydrogens (primary N) is 1. The van der Waals surface area contributed by atoms with Crippen LogP contribution in [0.3, 0.4) is 0 Å². The minimum atomic E-state index is 0.207. The van der Waals surface area contributed by atoms with Crippen LogP contribution in [0.5, 0.6) is 5.75 Å². The molecular formula is C12H17ClN2O. The largest absolute Gasteiger partial charge is 0.488 e. The zero-order valence-corrected chi connectivity index (χ0v) is 9.99. The monoisotopic (exact) mass is 240 g/mol. The van der Waals surface area contributed by atoms with Gasteiger partial charge in [0.1, 0.15) is 16.9 Å². The second-order valence-electron chi connectivity index (χ2n) is 4.24. The molecule has 2 N–H and O–H groups in total. The van der Waals surface area contributed by atoms with Crippen LogP contribution in [0.4, 0.5) is 0 Å². The summed E-state index contributed by atoms with van der Waals surface area (Å²) in [6, 6.07) is 1.81. The Hall–Kier alpha value is -0.800. The Morgan fingerprint density at radius 2 is 2.25 bits per heavy atom. The topological polar surface area (TPSA) is 48.1 Å². The van der Waals surface area contributed by atoms with E-state index in [1.165, 1.54) is 12.8 Å². The number of hydrogen-bond donors (Lipinski definition) is 1. The summed E-state index contributed by atoms with van der Waals surface area (Å²) in [5, 5.41) is 0.573. The third-order valence-electron chi connectivity index (χ3n) is 3.16. The van der Waals surface area contributed by atoms with Crippen LogP contribution in [-0.4, -0.2) is 17.6 Å². The zero-order valence-electron chi connectivity index (χ0n) is 9.23. The summed E-state index contributed by atoms with van der Waals surface area (Å²) in [5.74, 6) is 1.18. The van der Waals surface area contributed by atoms with E-state index >= 15 is 0 Å². The molecule has 1 aromatic heterocycles. The first-order chi connectivity index (χ1) is 7.81. The van der Waals surface area contributed by atoms with E-state index in [2.05, 4.69) is 4.98 Å². The molecule has 0 radical (unpaired) electrons. The van der Waals surface area contributed by atoms with Crippen molar-refractivity contribution in [2.45, 2.75) is 31.8 Å². The number of hydrogen-bond acceptors (Lipinski definition) is 3. The van der Waals surface area contributed by atoms with Gasteiger partial charge in [0.2, 0.25) is 0 Å². The molecule has 4 heteroatoms. The van der Waals surface area contributed by atoms with E-state index in [9.17, 15) is 0 Å². The van der Waals surface area contributed by atoms with E-state index in [0.29, 0.717) is 17.5 Å². The van der Waals surface area contributed by atoms with Gasteiger partial charge in [0.15, 0.2) is 0 Å². The first-order valence-electron chi connectivity index (χ1n) is 5.77. The lowest BCUT2D eigenvalue weighted by Crippen LogP contribution is -2.35. The van der Waals surface area contributed by atoms with Gasteiger partial charge in [0.05, 0.1) is 0 Å². The summed E-state index contributed by atoms with van der Waals surface area (Å²) in [5.41, 5.74) is 5.76. The van der Waals surface area contributed by atoms with E-state index in [-0.39, 0.29) is 6.10 Å². The molecule has 0 bridgehead atoms. The molecule has 2 atom stereocenters. The van der Waals surface area contributed by atoms with E-state index in [1.54, 1.807) is 12.4 Å². The average Bonchev–Trinajstić information content (AvgIpc) is 2.33. The summed E-state index contributed by atoms with van der Waals surface area (Å²) in [7, 11) is 0. The van der Waals surface area contributed by atoms with E-state index in [4.69, 9.17) is 22.1 Å². The van der Waals surface area contributed by atoms with Crippen LogP contribution >= 0.6 is 11.6 Å². The van der Waals surface area contributed by atoms with Gasteiger partial charge in [-0.15, -0.1) is 0 Å². The van der Waals surface area contributed by atoms with Crippen molar-refractivity contribution in [3.8, 4) is 5.75 Å². The number of halogens is 1. The Morgan fingerprint density at radius 1 is 1.44 bits per heavy atom. The van der Waals surface area contributed by atoms with Crippen LogP contribution in [0.25, 0.3) is 0 Å². The summed E-state index contributed by atoms with van der Waals surface area (Å²) in [4.78, 5) is 3.94. The number of aromatic nitrogens is 1. The maximum Gasteiger partial charge on any atom is 0.141 e. The van der Waals surface area contributed by atoms with Crippen LogP contribution in [0.1, 0.15) is 25.7 Å². The van der Waals surface area contributed by atoms with Gasteiger partial charge >= 0.3 is 0 Å². The average molecular weight is 241 g/mol. The van der Waals surface area contributed by atoms with Crippen molar-refractivity contribution in [1.82, 2.24) is 4.98 Å². The van der Waals surface area contributed by atoms with Crippen molar-refractivity contribution < 1.29 is 4.74 Å². The lowest BCUT2D eigenvalue weighted by molar-refractivity contribution is 0.0970. The van der Waals surface area contributed by atoms with E-state index < -0.39 is 0 Å². The first kappa shape index (κ1) is 11.7. The molecule has 0 amide bonds. The minimum Gasteiger partial charge on any atom is -0.488 e. The van der Waals surface area contributed by atoms with Gasteiger partial charge in [-0.25, -0.2) is 0 Å². The molecule has 1 saturated carbocycles. The molecule has 2 rings (SSSR count). The van der Waals surface area contributed by atoms with Gasteiger partial charge in [-0.3, -0.25) is 4.98 Å². The second-order valence-corrected chi connectivity index (χ2v) is 4.65. The minimum absolute atomic E-state index is 0.207. The summed E-state index contributed by atoms with van der Waals surface area (Å²) < 4.78 is 5.94. The maximum atomic E-state index is 6.02. The summed E-state index contributed by atoms with van der Waals surface area (Å²) in [6.45, 7) is 0.688. The van der Waals surface area contributed by atoms with Crippen molar-refractivity contribution in [2.75, 3.05) is 6.54 Å². The maximum absolute atomic E-state index is 6.02. The van der Waals surface area contributed by atoms with E-state index in [1.807, 2.05) is 6.07 Å². The highest BCUT2D eigenvalue weighted by atomic mass is 35.5. The van der Waals surface area contributed by atoms with Gasteiger partial charge < -0.3 is 10.5 Å². The molecule has 88 valence electrons. The van der Waals surface area contributed by atoms with Crippen LogP contribution in [-0.2, 0) is 0 Å². The molecule has 1 aliphatic rings. The molecule has 1 heterocycles. The fraction of sp³-hybridized carbons (Fsp3) is 0.583. The third-order valence-corrected chi connectivity index (χ3v) is 3.44. The van der Waals surface area contributed by atoms with Gasteiger partial charge in [-0.1, -0.05) is 18.0 Å². The molecule has 1 aromatic rings. The lowest BCUT2D eigenvalue weighted by atomic mass is 9.86. The highest BCUT2D eigenvalue weighted by molar-refractivity contribution is 6.31. The quantitative estimate of drug-likeness (QED) is 0.884. The molecule has 1 fully saturated rings. The Bertz CT molecular complexity index is 346. The van der Waals surface area contributed by atoms with Gasteiger partial charge in [-0.2, -0.15) is 0 Å². The molecular weight excluding hydrogens is 224 g/mol. The van der Waals surface area contributed by atoms with Crippen molar-refractivity contribution in [3.05, 3.63) is 23.5 Å². The predicted octanol–water partition coefficient (Wildman–Crippen LogP) is 2.63. The van der Waals surface area contributed by atoms with Crippen molar-refractivity contribution in [3.63, 3.8) is 0 Å². The summed E-state index contributed by atoms with van der Waals surface area (Å²) >= 11 is 6.02. The first-order valence-corrected chi connectivity index (χ1v) is 6.15. The van der Waals surface area contributed by atoms with Gasteiger partial charge in [0, 0.05) is 24.4 Å². The van der Waals surface area contributed by atoms with Crippen LogP contribution in [0.15, 0.2) is 18.5 Å². The SMILES string of the molecule is NCC1CCCCC1Oc1ccncc1Cl. The van der Waals surface area contributed by atoms with Gasteiger partial charge in [-0.05, 0) is 25.8 Å². The molecule has 2 unspecified atom stereocenters. The normalized spacial score (nSPS) is 25.4. The molecule has 16 heavy (non-hydrogen) atoms. The highest BCUT2D eigenvalue weighted by Crippen LogP contribution is 2.30. The Morgan fingerprint density at radius 3 is 3.00 bits per heavy atom. The Kier molecular flexibility index (Phi) is 4.02. The fourth-order valence-electron chi connectivity index (χ4n) is 2.22. The number of nitrogens with zero attached hydrogens (tertiary/aromatic N) is 1. The van der Waals surface area contributed by atoms with Gasteiger partial charge in [0.25, 0.3) is 0 Å². The number of pyridine rings is 1. The predicted molar refractivity (Wildman–Crippen MR) is 64.7 cm³/mol. The Balaban J connectivity index is 2.05. The van der Waals surface area contributed by atoms with Crippen LogP contribution < -0.4 is 10.5 Å². The molecule has 0 aliphatic heterocycles. The fourth-order valence-corrected chi connectivity index (χ4v) is 2.38. The Labute approximate surface area is 101 Å². The van der Waals surface area contributed by atoms with Crippen LogP contribution in [0, 0.1) is 5.92 Å². The third kappa shape index (κ3) is 2.66. The molecule has 0 spiro atoms. The van der Waals surface area contributed by atoms with Crippen molar-refractivity contribution in [2.24, 2.45) is 11.7 Å². The highest BCUT2D eigenvalue weighted by Gasteiger charge is 2.26. The summed E-state index contributed by atoms with van der Waals surface area (Å²) in [6.07, 6.45) is 8.21. The van der Waals surface area contributed by atoms with Crippen molar-refractivity contribution in [1.29, 1.82) is 0 Å². The number of ether oxygens (including phenoxy) is 1. The second kappa shape index (κ2) is 5.51. The smallest absolute Gasteiger partial charge is 0.141 e. The molecule has 0 saturated heterocycles. The zero-order chi connectivity index (χ0) is 11.4. The standard InChI is InChI=1S/C12H17ClN2O/c13-10-8-15-6-5-12(10)16-11-4-2-1-3-9(11)7-14/h5-6,8-9,11H,1-4,7,14H2.